The molecular formula is C26H26ClN3O2. The summed E-state index contributed by atoms with van der Waals surface area (Å²) in [6.07, 6.45) is 2.14. The Balaban J connectivity index is 1.64. The van der Waals surface area contributed by atoms with Gasteiger partial charge in [0.05, 0.1) is 11.6 Å². The van der Waals surface area contributed by atoms with Crippen LogP contribution in [0.3, 0.4) is 0 Å². The minimum Gasteiger partial charge on any atom is -0.487 e. The minimum absolute atomic E-state index is 0.114. The first-order valence-electron chi connectivity index (χ1n) is 10.4. The van der Waals surface area contributed by atoms with Crippen LogP contribution < -0.4 is 10.1 Å². The highest BCUT2D eigenvalue weighted by molar-refractivity contribution is 6.32. The van der Waals surface area contributed by atoms with E-state index >= 15 is 0 Å². The summed E-state index contributed by atoms with van der Waals surface area (Å²) in [4.78, 5) is 12.6. The number of hydrogen-bond donors (Lipinski definition) is 1. The Morgan fingerprint density at radius 2 is 1.91 bits per heavy atom. The van der Waals surface area contributed by atoms with E-state index < -0.39 is 0 Å². The van der Waals surface area contributed by atoms with Crippen LogP contribution in [0.5, 0.6) is 5.75 Å². The molecule has 6 heteroatoms. The molecule has 0 aromatic heterocycles. The SMILES string of the molecule is CC(=O)NCCN(C#N)Cc1ccc(OCc2cccc(-c3ccccc3)c2C)c(Cl)c1. The molecule has 3 rings (SSSR count). The Hall–Kier alpha value is -3.49. The van der Waals surface area contributed by atoms with Crippen LogP contribution in [0.15, 0.2) is 66.7 Å². The van der Waals surface area contributed by atoms with Crippen molar-refractivity contribution in [3.63, 3.8) is 0 Å². The van der Waals surface area contributed by atoms with Crippen molar-refractivity contribution in [3.8, 4) is 23.1 Å². The molecule has 0 radical (unpaired) electrons. The van der Waals surface area contributed by atoms with Crippen molar-refractivity contribution in [2.24, 2.45) is 0 Å². The molecule has 0 aliphatic rings. The molecular weight excluding hydrogens is 422 g/mol. The lowest BCUT2D eigenvalue weighted by Crippen LogP contribution is -2.31. The van der Waals surface area contributed by atoms with Crippen LogP contribution in [0.4, 0.5) is 0 Å². The summed E-state index contributed by atoms with van der Waals surface area (Å²) in [5, 5.41) is 12.5. The molecule has 0 fully saturated rings. The van der Waals surface area contributed by atoms with E-state index in [0.717, 1.165) is 11.1 Å². The van der Waals surface area contributed by atoms with E-state index in [-0.39, 0.29) is 5.91 Å². The summed E-state index contributed by atoms with van der Waals surface area (Å²) in [5.41, 5.74) is 5.53. The second kappa shape index (κ2) is 11.2. The molecule has 0 saturated carbocycles. The number of nitrogens with one attached hydrogen (secondary N) is 1. The summed E-state index contributed by atoms with van der Waals surface area (Å²) in [6, 6.07) is 22.0. The maximum Gasteiger partial charge on any atom is 0.216 e. The fourth-order valence-electron chi connectivity index (χ4n) is 3.44. The lowest BCUT2D eigenvalue weighted by atomic mass is 9.97. The molecule has 0 unspecified atom stereocenters. The van der Waals surface area contributed by atoms with Gasteiger partial charge < -0.3 is 15.0 Å². The maximum atomic E-state index is 11.0. The molecule has 32 heavy (non-hydrogen) atoms. The zero-order chi connectivity index (χ0) is 22.9. The number of nitrogens with zero attached hydrogens (tertiary/aromatic N) is 2. The van der Waals surface area contributed by atoms with Gasteiger partial charge in [-0.15, -0.1) is 0 Å². The van der Waals surface area contributed by atoms with E-state index in [2.05, 4.69) is 42.7 Å². The monoisotopic (exact) mass is 447 g/mol. The van der Waals surface area contributed by atoms with Crippen molar-refractivity contribution < 1.29 is 9.53 Å². The normalized spacial score (nSPS) is 10.3. The Morgan fingerprint density at radius 3 is 2.59 bits per heavy atom. The largest absolute Gasteiger partial charge is 0.487 e. The highest BCUT2D eigenvalue weighted by atomic mass is 35.5. The molecule has 0 heterocycles. The van der Waals surface area contributed by atoms with Crippen molar-refractivity contribution in [1.82, 2.24) is 10.2 Å². The Labute approximate surface area is 194 Å². The van der Waals surface area contributed by atoms with Crippen molar-refractivity contribution in [3.05, 3.63) is 88.4 Å². The Bertz CT molecular complexity index is 1110. The molecule has 1 amide bonds. The highest BCUT2D eigenvalue weighted by Crippen LogP contribution is 2.29. The van der Waals surface area contributed by atoms with Crippen LogP contribution in [0.1, 0.15) is 23.6 Å². The van der Waals surface area contributed by atoms with Gasteiger partial charge in [0, 0.05) is 20.0 Å². The zero-order valence-electron chi connectivity index (χ0n) is 18.3. The average molecular weight is 448 g/mol. The van der Waals surface area contributed by atoms with Gasteiger partial charge in [-0.3, -0.25) is 4.79 Å². The molecule has 0 bridgehead atoms. The molecule has 0 aliphatic heterocycles. The number of halogens is 1. The molecule has 0 saturated heterocycles. The van der Waals surface area contributed by atoms with Crippen LogP contribution in [-0.4, -0.2) is 23.9 Å². The highest BCUT2D eigenvalue weighted by Gasteiger charge is 2.10. The van der Waals surface area contributed by atoms with Crippen LogP contribution in [0, 0.1) is 18.4 Å². The van der Waals surface area contributed by atoms with Gasteiger partial charge in [-0.1, -0.05) is 66.2 Å². The topological polar surface area (TPSA) is 65.4 Å². The van der Waals surface area contributed by atoms with Gasteiger partial charge in [-0.25, -0.2) is 0 Å². The van der Waals surface area contributed by atoms with Gasteiger partial charge in [0.15, 0.2) is 6.19 Å². The molecule has 0 atom stereocenters. The quantitative estimate of drug-likeness (QED) is 0.356. The Morgan fingerprint density at radius 1 is 1.12 bits per heavy atom. The standard InChI is InChI=1S/C26H26ClN3O2/c1-19-23(9-6-10-24(19)22-7-4-3-5-8-22)17-32-26-12-11-21(15-25(26)27)16-30(18-28)14-13-29-20(2)31/h3-12,15H,13-14,16-17H2,1-2H3,(H,29,31). The summed E-state index contributed by atoms with van der Waals surface area (Å²) in [6.45, 7) is 5.22. The first-order valence-corrected chi connectivity index (χ1v) is 10.8. The molecule has 5 nitrogen and oxygen atoms in total. The third kappa shape index (κ3) is 6.26. The zero-order valence-corrected chi connectivity index (χ0v) is 19.0. The Kier molecular flexibility index (Phi) is 8.13. The smallest absolute Gasteiger partial charge is 0.216 e. The average Bonchev–Trinajstić information content (AvgIpc) is 2.79. The van der Waals surface area contributed by atoms with E-state index in [9.17, 15) is 10.1 Å². The van der Waals surface area contributed by atoms with Gasteiger partial charge in [0.1, 0.15) is 12.4 Å². The predicted molar refractivity (Wildman–Crippen MR) is 127 cm³/mol. The number of carbonyl (C=O) groups is 1. The van der Waals surface area contributed by atoms with Crippen LogP contribution >= 0.6 is 11.6 Å². The number of ether oxygens (including phenoxy) is 1. The van der Waals surface area contributed by atoms with Gasteiger partial charge in [-0.2, -0.15) is 5.26 Å². The van der Waals surface area contributed by atoms with E-state index in [4.69, 9.17) is 16.3 Å². The number of hydrogen-bond acceptors (Lipinski definition) is 4. The third-order valence-corrected chi connectivity index (χ3v) is 5.48. The number of carbonyl (C=O) groups excluding carboxylic acids is 1. The van der Waals surface area contributed by atoms with E-state index in [1.807, 2.05) is 42.5 Å². The first-order chi connectivity index (χ1) is 15.5. The van der Waals surface area contributed by atoms with Crippen LogP contribution in [-0.2, 0) is 17.9 Å². The van der Waals surface area contributed by atoms with Gasteiger partial charge in [0.2, 0.25) is 5.91 Å². The van der Waals surface area contributed by atoms with Crippen molar-refractivity contribution in [2.75, 3.05) is 13.1 Å². The van der Waals surface area contributed by atoms with E-state index in [1.165, 1.54) is 23.6 Å². The molecule has 3 aromatic carbocycles. The van der Waals surface area contributed by atoms with E-state index in [0.29, 0.717) is 37.0 Å². The van der Waals surface area contributed by atoms with Crippen LogP contribution in [0.25, 0.3) is 11.1 Å². The molecule has 1 N–H and O–H groups in total. The molecule has 164 valence electrons. The fraction of sp³-hybridized carbons (Fsp3) is 0.231. The number of benzene rings is 3. The number of nitriles is 1. The summed E-state index contributed by atoms with van der Waals surface area (Å²) < 4.78 is 6.01. The molecule has 3 aromatic rings. The summed E-state index contributed by atoms with van der Waals surface area (Å²) in [7, 11) is 0. The number of rotatable bonds is 9. The second-order valence-corrected chi connectivity index (χ2v) is 7.92. The van der Waals surface area contributed by atoms with Crippen molar-refractivity contribution in [1.29, 1.82) is 5.26 Å². The maximum absolute atomic E-state index is 11.0. The van der Waals surface area contributed by atoms with Crippen LogP contribution in [0.2, 0.25) is 5.02 Å². The van der Waals surface area contributed by atoms with Gasteiger partial charge in [-0.05, 0) is 46.9 Å². The van der Waals surface area contributed by atoms with Gasteiger partial charge in [0.25, 0.3) is 0 Å². The lowest BCUT2D eigenvalue weighted by Gasteiger charge is -2.17. The molecule has 0 aliphatic carbocycles. The predicted octanol–water partition coefficient (Wildman–Crippen LogP) is 5.31. The molecule has 0 spiro atoms. The first kappa shape index (κ1) is 23.2. The summed E-state index contributed by atoms with van der Waals surface area (Å²) in [5.74, 6) is 0.485. The van der Waals surface area contributed by atoms with Crippen molar-refractivity contribution in [2.45, 2.75) is 27.0 Å². The second-order valence-electron chi connectivity index (χ2n) is 7.51. The van der Waals surface area contributed by atoms with Crippen molar-refractivity contribution >= 4 is 17.5 Å². The lowest BCUT2D eigenvalue weighted by molar-refractivity contribution is -0.118. The van der Waals surface area contributed by atoms with Gasteiger partial charge >= 0.3 is 0 Å². The fourth-order valence-corrected chi connectivity index (χ4v) is 3.69. The summed E-state index contributed by atoms with van der Waals surface area (Å²) >= 11 is 6.45. The third-order valence-electron chi connectivity index (χ3n) is 5.18. The number of amides is 1. The minimum atomic E-state index is -0.114. The van der Waals surface area contributed by atoms with E-state index in [1.54, 1.807) is 4.90 Å².